The molecule has 2 bridgehead atoms. The molecule has 9 nitrogen and oxygen atoms in total. The number of pyridine rings is 1. The Morgan fingerprint density at radius 2 is 1.84 bits per heavy atom. The first-order chi connectivity index (χ1) is 15.5. The van der Waals surface area contributed by atoms with E-state index in [1.165, 1.54) is 6.20 Å². The molecule has 3 aliphatic rings. The van der Waals surface area contributed by atoms with Crippen LogP contribution in [0, 0.1) is 11.7 Å². The van der Waals surface area contributed by atoms with E-state index in [9.17, 15) is 14.0 Å². The van der Waals surface area contributed by atoms with Crippen LogP contribution in [0.1, 0.15) is 43.0 Å². The Bertz CT molecular complexity index is 1010. The number of piperazine rings is 1. The summed E-state index contributed by atoms with van der Waals surface area (Å²) < 4.78 is 14.6. The minimum atomic E-state index is -0.489. The van der Waals surface area contributed by atoms with E-state index in [4.69, 9.17) is 0 Å². The molecule has 0 radical (unpaired) electrons. The van der Waals surface area contributed by atoms with Gasteiger partial charge in [0.25, 0.3) is 5.91 Å². The van der Waals surface area contributed by atoms with Gasteiger partial charge in [0.05, 0.1) is 11.8 Å². The molecule has 4 heterocycles. The number of hydrogen-bond acceptors (Lipinski definition) is 7. The zero-order valence-corrected chi connectivity index (χ0v) is 17.9. The molecular weight excluding hydrogens is 413 g/mol. The van der Waals surface area contributed by atoms with Crippen molar-refractivity contribution in [1.29, 1.82) is 0 Å². The maximum Gasteiger partial charge on any atom is 0.252 e. The molecule has 2 aromatic heterocycles. The molecule has 0 spiro atoms. The molecule has 2 aromatic rings. The lowest BCUT2D eigenvalue weighted by Crippen LogP contribution is -2.56. The van der Waals surface area contributed by atoms with Crippen LogP contribution < -0.4 is 15.5 Å². The number of rotatable bonds is 6. The summed E-state index contributed by atoms with van der Waals surface area (Å²) in [5.74, 6) is 0.695. The monoisotopic (exact) mass is 439 g/mol. The number of nitrogens with one attached hydrogen (secondary N) is 2. The van der Waals surface area contributed by atoms with Gasteiger partial charge in [0.1, 0.15) is 5.82 Å². The standard InChI is InChI=1S/C22H26FN7O2/c1-2-24-20(31)14-5-8-18(25-9-14)27-22-26-10-17(23)19(28-22)29-11-15-6-7-16(12-29)30(15)21(32)13-3-4-13/h5,8-10,13,15-16H,2-4,6-7,11-12H2,1H3,(H,24,31)(H,25,26,27,28)/t15-,16-/m1/s1. The minimum absolute atomic E-state index is 0.108. The Morgan fingerprint density at radius 3 is 2.47 bits per heavy atom. The molecule has 2 saturated heterocycles. The average molecular weight is 439 g/mol. The van der Waals surface area contributed by atoms with E-state index in [1.807, 2.05) is 16.7 Å². The normalized spacial score (nSPS) is 22.1. The molecule has 3 fully saturated rings. The van der Waals surface area contributed by atoms with E-state index >= 15 is 0 Å². The second-order valence-corrected chi connectivity index (χ2v) is 8.59. The number of carbonyl (C=O) groups excluding carboxylic acids is 2. The van der Waals surface area contributed by atoms with Crippen molar-refractivity contribution >= 4 is 29.4 Å². The Labute approximate surface area is 185 Å². The lowest BCUT2D eigenvalue weighted by molar-refractivity contribution is -0.135. The maximum absolute atomic E-state index is 14.6. The first-order valence-electron chi connectivity index (χ1n) is 11.1. The van der Waals surface area contributed by atoms with Crippen LogP contribution in [0.3, 0.4) is 0 Å². The molecule has 0 unspecified atom stereocenters. The number of amides is 2. The van der Waals surface area contributed by atoms with Gasteiger partial charge in [0.15, 0.2) is 11.6 Å². The average Bonchev–Trinajstić information content (AvgIpc) is 3.60. The molecule has 168 valence electrons. The number of fused-ring (bicyclic) bond motifs is 2. The molecule has 0 aromatic carbocycles. The quantitative estimate of drug-likeness (QED) is 0.710. The van der Waals surface area contributed by atoms with Crippen LogP contribution in [0.25, 0.3) is 0 Å². The van der Waals surface area contributed by atoms with Crippen molar-refractivity contribution in [1.82, 2.24) is 25.2 Å². The number of aromatic nitrogens is 3. The number of nitrogens with zero attached hydrogens (tertiary/aromatic N) is 5. The van der Waals surface area contributed by atoms with Gasteiger partial charge < -0.3 is 20.4 Å². The van der Waals surface area contributed by atoms with Crippen molar-refractivity contribution in [2.45, 2.75) is 44.7 Å². The molecule has 1 aliphatic carbocycles. The van der Waals surface area contributed by atoms with Crippen molar-refractivity contribution in [2.75, 3.05) is 29.9 Å². The first kappa shape index (κ1) is 20.6. The van der Waals surface area contributed by atoms with Gasteiger partial charge in [-0.3, -0.25) is 9.59 Å². The Morgan fingerprint density at radius 1 is 1.09 bits per heavy atom. The summed E-state index contributed by atoms with van der Waals surface area (Å²) in [5, 5.41) is 5.69. The highest BCUT2D eigenvalue weighted by atomic mass is 19.1. The van der Waals surface area contributed by atoms with E-state index in [1.54, 1.807) is 12.1 Å². The van der Waals surface area contributed by atoms with E-state index in [0.717, 1.165) is 31.9 Å². The number of carbonyl (C=O) groups is 2. The summed E-state index contributed by atoms with van der Waals surface area (Å²) in [6, 6.07) is 3.52. The van der Waals surface area contributed by atoms with Gasteiger partial charge in [-0.05, 0) is 44.7 Å². The number of anilines is 3. The number of hydrogen-bond donors (Lipinski definition) is 2. The van der Waals surface area contributed by atoms with Crippen molar-refractivity contribution in [2.24, 2.45) is 5.92 Å². The van der Waals surface area contributed by atoms with Gasteiger partial charge in [-0.25, -0.2) is 14.4 Å². The molecule has 1 saturated carbocycles. The highest BCUT2D eigenvalue weighted by molar-refractivity contribution is 5.94. The lowest BCUT2D eigenvalue weighted by Gasteiger charge is -2.41. The fourth-order valence-electron chi connectivity index (χ4n) is 4.60. The third-order valence-corrected chi connectivity index (χ3v) is 6.29. The van der Waals surface area contributed by atoms with Crippen LogP contribution in [-0.2, 0) is 4.79 Å². The predicted octanol–water partition coefficient (Wildman–Crippen LogP) is 2.09. The fourth-order valence-corrected chi connectivity index (χ4v) is 4.60. The number of halogens is 1. The maximum atomic E-state index is 14.6. The van der Waals surface area contributed by atoms with Crippen molar-refractivity contribution < 1.29 is 14.0 Å². The van der Waals surface area contributed by atoms with Crippen molar-refractivity contribution in [3.8, 4) is 0 Å². The molecule has 5 rings (SSSR count). The minimum Gasteiger partial charge on any atom is -0.352 e. The molecule has 2 amide bonds. The Balaban J connectivity index is 1.29. The predicted molar refractivity (Wildman–Crippen MR) is 116 cm³/mol. The molecule has 32 heavy (non-hydrogen) atoms. The zero-order valence-electron chi connectivity index (χ0n) is 17.9. The third kappa shape index (κ3) is 3.96. The van der Waals surface area contributed by atoms with Crippen LogP contribution in [0.5, 0.6) is 0 Å². The first-order valence-corrected chi connectivity index (χ1v) is 11.1. The van der Waals surface area contributed by atoms with Crippen molar-refractivity contribution in [3.63, 3.8) is 0 Å². The van der Waals surface area contributed by atoms with Crippen LogP contribution in [0.4, 0.5) is 22.0 Å². The van der Waals surface area contributed by atoms with Gasteiger partial charge in [-0.2, -0.15) is 4.98 Å². The van der Waals surface area contributed by atoms with Gasteiger partial charge >= 0.3 is 0 Å². The lowest BCUT2D eigenvalue weighted by atomic mass is 10.1. The Hall–Kier alpha value is -3.30. The van der Waals surface area contributed by atoms with Gasteiger partial charge in [0.2, 0.25) is 11.9 Å². The van der Waals surface area contributed by atoms with Gasteiger partial charge in [0, 0.05) is 43.8 Å². The van der Waals surface area contributed by atoms with E-state index in [-0.39, 0.29) is 41.6 Å². The van der Waals surface area contributed by atoms with E-state index in [2.05, 4.69) is 25.6 Å². The SMILES string of the molecule is CCNC(=O)c1ccc(Nc2ncc(F)c(N3C[C@H]4CC[C@H](C3)N4C(=O)C3CC3)n2)nc1. The zero-order chi connectivity index (χ0) is 22.2. The van der Waals surface area contributed by atoms with E-state index < -0.39 is 5.82 Å². The van der Waals surface area contributed by atoms with Crippen LogP contribution in [0.15, 0.2) is 24.5 Å². The third-order valence-electron chi connectivity index (χ3n) is 6.29. The van der Waals surface area contributed by atoms with E-state index in [0.29, 0.717) is 31.0 Å². The highest BCUT2D eigenvalue weighted by Crippen LogP contribution is 2.39. The molecule has 10 heteroatoms. The summed E-state index contributed by atoms with van der Waals surface area (Å²) >= 11 is 0. The largest absolute Gasteiger partial charge is 0.352 e. The summed E-state index contributed by atoms with van der Waals surface area (Å²) in [4.78, 5) is 41.2. The Kier molecular flexibility index (Phi) is 5.36. The van der Waals surface area contributed by atoms with Crippen LogP contribution in [0.2, 0.25) is 0 Å². The summed E-state index contributed by atoms with van der Waals surface area (Å²) in [6.45, 7) is 3.53. The van der Waals surface area contributed by atoms with Gasteiger partial charge in [-0.1, -0.05) is 0 Å². The summed E-state index contributed by atoms with van der Waals surface area (Å²) in [7, 11) is 0. The molecule has 2 aliphatic heterocycles. The molecular formula is C22H26FN7O2. The summed E-state index contributed by atoms with van der Waals surface area (Å²) in [6.07, 6.45) is 6.49. The van der Waals surface area contributed by atoms with Crippen LogP contribution >= 0.6 is 0 Å². The van der Waals surface area contributed by atoms with Crippen molar-refractivity contribution in [3.05, 3.63) is 35.9 Å². The second-order valence-electron chi connectivity index (χ2n) is 8.59. The summed E-state index contributed by atoms with van der Waals surface area (Å²) in [5.41, 5.74) is 0.451. The van der Waals surface area contributed by atoms with Crippen LogP contribution in [-0.4, -0.2) is 63.4 Å². The fraction of sp³-hybridized carbons (Fsp3) is 0.500. The topological polar surface area (TPSA) is 103 Å². The molecule has 2 atom stereocenters. The second kappa shape index (κ2) is 8.33. The highest BCUT2D eigenvalue weighted by Gasteiger charge is 2.47. The van der Waals surface area contributed by atoms with Gasteiger partial charge in [-0.15, -0.1) is 0 Å². The molecule has 2 N–H and O–H groups in total. The smallest absolute Gasteiger partial charge is 0.252 e.